The molecule has 9 heteroatoms. The predicted molar refractivity (Wildman–Crippen MR) is 64.7 cm³/mol. The largest absolute Gasteiger partial charge is 0.417 e. The lowest BCUT2D eigenvalue weighted by molar-refractivity contribution is -0.138. The molecule has 114 valence electrons. The zero-order chi connectivity index (χ0) is 15.6. The van der Waals surface area contributed by atoms with Crippen molar-refractivity contribution in [2.24, 2.45) is 5.92 Å². The van der Waals surface area contributed by atoms with Gasteiger partial charge in [0, 0.05) is 18.2 Å². The monoisotopic (exact) mass is 303 g/mol. The number of carbonyl (C=O) groups excluding carboxylic acids is 2. The highest BCUT2D eigenvalue weighted by molar-refractivity contribution is 5.84. The fraction of sp³-hybridized carbons (Fsp3) is 0.417. The minimum atomic E-state index is -4.61. The summed E-state index contributed by atoms with van der Waals surface area (Å²) in [6.45, 7) is -0.617. The van der Waals surface area contributed by atoms with Crippen LogP contribution in [0.2, 0.25) is 0 Å². The Bertz CT molecular complexity index is 620. The molecule has 1 saturated carbocycles. The first-order chi connectivity index (χ1) is 9.77. The van der Waals surface area contributed by atoms with Crippen LogP contribution >= 0.6 is 0 Å². The van der Waals surface area contributed by atoms with Gasteiger partial charge in [-0.3, -0.25) is 25.2 Å². The van der Waals surface area contributed by atoms with Crippen molar-refractivity contribution in [3.05, 3.63) is 34.2 Å². The maximum absolute atomic E-state index is 12.5. The minimum Gasteiger partial charge on any atom is -0.305 e. The van der Waals surface area contributed by atoms with Gasteiger partial charge in [0.05, 0.1) is 5.56 Å². The van der Waals surface area contributed by atoms with Gasteiger partial charge in [-0.15, -0.1) is 0 Å². The number of aromatic nitrogens is 1. The molecular weight excluding hydrogens is 291 g/mol. The first kappa shape index (κ1) is 15.1. The summed E-state index contributed by atoms with van der Waals surface area (Å²) >= 11 is 0. The van der Waals surface area contributed by atoms with Crippen LogP contribution in [-0.4, -0.2) is 16.4 Å². The van der Waals surface area contributed by atoms with Gasteiger partial charge in [0.1, 0.15) is 6.54 Å². The van der Waals surface area contributed by atoms with Crippen LogP contribution in [0.3, 0.4) is 0 Å². The standard InChI is InChI=1S/C12H12F3N3O3/c13-12(14,15)8-3-4-10(20)18(5-8)6-9(19)16-17-11(21)7-1-2-7/h3-5,7H,1-2,6H2,(H,16,19)(H,17,21). The van der Waals surface area contributed by atoms with Gasteiger partial charge < -0.3 is 4.57 Å². The second-order valence-electron chi connectivity index (χ2n) is 4.69. The van der Waals surface area contributed by atoms with E-state index in [0.29, 0.717) is 16.8 Å². The number of hydrazine groups is 1. The van der Waals surface area contributed by atoms with Gasteiger partial charge in [0.25, 0.3) is 11.5 Å². The number of amides is 2. The molecule has 0 aliphatic heterocycles. The fourth-order valence-electron chi connectivity index (χ4n) is 1.60. The van der Waals surface area contributed by atoms with Crippen LogP contribution in [0.25, 0.3) is 0 Å². The van der Waals surface area contributed by atoms with Gasteiger partial charge in [-0.25, -0.2) is 0 Å². The molecule has 1 aromatic rings. The van der Waals surface area contributed by atoms with Crippen molar-refractivity contribution in [3.63, 3.8) is 0 Å². The zero-order valence-electron chi connectivity index (χ0n) is 10.7. The van der Waals surface area contributed by atoms with Crippen LogP contribution in [0, 0.1) is 5.92 Å². The number of nitrogens with zero attached hydrogens (tertiary/aromatic N) is 1. The molecule has 0 saturated heterocycles. The highest BCUT2D eigenvalue weighted by Crippen LogP contribution is 2.28. The molecule has 0 aromatic carbocycles. The highest BCUT2D eigenvalue weighted by atomic mass is 19.4. The van der Waals surface area contributed by atoms with E-state index < -0.39 is 29.8 Å². The molecule has 1 fully saturated rings. The lowest BCUT2D eigenvalue weighted by Gasteiger charge is -2.11. The van der Waals surface area contributed by atoms with Crippen LogP contribution in [0.4, 0.5) is 13.2 Å². The van der Waals surface area contributed by atoms with Gasteiger partial charge in [-0.1, -0.05) is 0 Å². The van der Waals surface area contributed by atoms with E-state index in [1.165, 1.54) is 0 Å². The van der Waals surface area contributed by atoms with E-state index >= 15 is 0 Å². The van der Waals surface area contributed by atoms with Crippen LogP contribution in [0.1, 0.15) is 18.4 Å². The Hall–Kier alpha value is -2.32. The summed E-state index contributed by atoms with van der Waals surface area (Å²) in [5, 5.41) is 0. The van der Waals surface area contributed by atoms with E-state index in [2.05, 4.69) is 10.9 Å². The molecule has 0 spiro atoms. The topological polar surface area (TPSA) is 80.2 Å². The van der Waals surface area contributed by atoms with E-state index in [1.807, 2.05) is 0 Å². The number of halogens is 3. The number of hydrogen-bond donors (Lipinski definition) is 2. The number of alkyl halides is 3. The molecule has 2 amide bonds. The Morgan fingerprint density at radius 2 is 1.90 bits per heavy atom. The van der Waals surface area contributed by atoms with Crippen molar-refractivity contribution >= 4 is 11.8 Å². The molecule has 1 heterocycles. The van der Waals surface area contributed by atoms with Gasteiger partial charge in [0.2, 0.25) is 5.91 Å². The molecule has 0 atom stereocenters. The highest BCUT2D eigenvalue weighted by Gasteiger charge is 2.31. The van der Waals surface area contributed by atoms with E-state index in [4.69, 9.17) is 0 Å². The van der Waals surface area contributed by atoms with Crippen LogP contribution in [-0.2, 0) is 22.3 Å². The summed E-state index contributed by atoms with van der Waals surface area (Å²) < 4.78 is 38.2. The Kier molecular flexibility index (Phi) is 4.01. The van der Waals surface area contributed by atoms with Crippen molar-refractivity contribution in [2.75, 3.05) is 0 Å². The average Bonchev–Trinajstić information content (AvgIpc) is 3.21. The molecule has 2 rings (SSSR count). The fourth-order valence-corrected chi connectivity index (χ4v) is 1.60. The first-order valence-electron chi connectivity index (χ1n) is 6.14. The second kappa shape index (κ2) is 5.58. The number of pyridine rings is 1. The van der Waals surface area contributed by atoms with Gasteiger partial charge in [-0.2, -0.15) is 13.2 Å². The molecular formula is C12H12F3N3O3. The lowest BCUT2D eigenvalue weighted by Crippen LogP contribution is -2.44. The van der Waals surface area contributed by atoms with Crippen molar-refractivity contribution in [3.8, 4) is 0 Å². The lowest BCUT2D eigenvalue weighted by atomic mass is 10.3. The number of carbonyl (C=O) groups is 2. The average molecular weight is 303 g/mol. The van der Waals surface area contributed by atoms with Gasteiger partial charge in [0.15, 0.2) is 0 Å². The van der Waals surface area contributed by atoms with E-state index in [0.717, 1.165) is 18.9 Å². The maximum atomic E-state index is 12.5. The molecule has 0 unspecified atom stereocenters. The van der Waals surface area contributed by atoms with Crippen LogP contribution < -0.4 is 16.4 Å². The first-order valence-corrected chi connectivity index (χ1v) is 6.14. The smallest absolute Gasteiger partial charge is 0.305 e. The third kappa shape index (κ3) is 4.07. The van der Waals surface area contributed by atoms with E-state index in [1.54, 1.807) is 0 Å². The molecule has 0 radical (unpaired) electrons. The SMILES string of the molecule is O=C(Cn1cc(C(F)(F)F)ccc1=O)NNC(=O)C1CC1. The Labute approximate surface area is 116 Å². The summed E-state index contributed by atoms with van der Waals surface area (Å²) in [6.07, 6.45) is -2.56. The molecule has 1 aliphatic carbocycles. The minimum absolute atomic E-state index is 0.124. The number of rotatable bonds is 3. The molecule has 0 bridgehead atoms. The van der Waals surface area contributed by atoms with Crippen molar-refractivity contribution in [1.82, 2.24) is 15.4 Å². The van der Waals surface area contributed by atoms with Gasteiger partial charge in [-0.05, 0) is 18.9 Å². The number of hydrogen-bond acceptors (Lipinski definition) is 3. The zero-order valence-corrected chi connectivity index (χ0v) is 10.7. The van der Waals surface area contributed by atoms with Crippen molar-refractivity contribution in [2.45, 2.75) is 25.6 Å². The summed E-state index contributed by atoms with van der Waals surface area (Å²) in [5.41, 5.74) is 2.44. The van der Waals surface area contributed by atoms with Crippen molar-refractivity contribution in [1.29, 1.82) is 0 Å². The van der Waals surface area contributed by atoms with Crippen molar-refractivity contribution < 1.29 is 22.8 Å². The third-order valence-electron chi connectivity index (χ3n) is 2.90. The molecule has 21 heavy (non-hydrogen) atoms. The van der Waals surface area contributed by atoms with E-state index in [9.17, 15) is 27.6 Å². The summed E-state index contributed by atoms with van der Waals surface area (Å²) in [4.78, 5) is 34.2. The second-order valence-corrected chi connectivity index (χ2v) is 4.69. The third-order valence-corrected chi connectivity index (χ3v) is 2.90. The van der Waals surface area contributed by atoms with Crippen LogP contribution in [0.15, 0.2) is 23.1 Å². The maximum Gasteiger partial charge on any atom is 0.417 e. The summed E-state index contributed by atoms with van der Waals surface area (Å²) in [7, 11) is 0. The quantitative estimate of drug-likeness (QED) is 0.794. The van der Waals surface area contributed by atoms with Crippen LogP contribution in [0.5, 0.6) is 0 Å². The number of nitrogens with one attached hydrogen (secondary N) is 2. The normalized spacial score (nSPS) is 14.6. The molecule has 6 nitrogen and oxygen atoms in total. The van der Waals surface area contributed by atoms with E-state index in [-0.39, 0.29) is 11.8 Å². The molecule has 1 aromatic heterocycles. The Morgan fingerprint density at radius 3 is 2.48 bits per heavy atom. The summed E-state index contributed by atoms with van der Waals surface area (Å²) in [5.74, 6) is -1.26. The Morgan fingerprint density at radius 1 is 1.24 bits per heavy atom. The molecule has 1 aliphatic rings. The summed E-state index contributed by atoms with van der Waals surface area (Å²) in [6, 6.07) is 1.38. The molecule has 2 N–H and O–H groups in total. The predicted octanol–water partition coefficient (Wildman–Crippen LogP) is 0.424. The Balaban J connectivity index is 1.99. The van der Waals surface area contributed by atoms with Gasteiger partial charge >= 0.3 is 6.18 Å².